The number of nitrogens with one attached hydrogen (secondary N) is 1. The highest BCUT2D eigenvalue weighted by Gasteiger charge is 1.98. The Labute approximate surface area is 156 Å². The molecule has 5 heteroatoms. The summed E-state index contributed by atoms with van der Waals surface area (Å²) in [5.74, 6) is 1.70. The highest BCUT2D eigenvalue weighted by atomic mass is 35.5. The predicted molar refractivity (Wildman–Crippen MR) is 96.5 cm³/mol. The van der Waals surface area contributed by atoms with Crippen LogP contribution in [0.2, 0.25) is 0 Å². The Hall–Kier alpha value is -1.75. The molecule has 0 aliphatic heterocycles. The second-order valence-electron chi connectivity index (χ2n) is 5.85. The Morgan fingerprint density at radius 1 is 0.920 bits per heavy atom. The van der Waals surface area contributed by atoms with Crippen molar-refractivity contribution in [3.63, 3.8) is 0 Å². The summed E-state index contributed by atoms with van der Waals surface area (Å²) in [7, 11) is 0. The topological polar surface area (TPSA) is 50.7 Å². The van der Waals surface area contributed by atoms with E-state index in [-0.39, 0.29) is 18.5 Å². The van der Waals surface area contributed by atoms with Crippen LogP contribution in [-0.2, 0) is 6.61 Å². The van der Waals surface area contributed by atoms with Crippen LogP contribution in [0.3, 0.4) is 0 Å². The first kappa shape index (κ1) is 21.3. The zero-order chi connectivity index (χ0) is 17.0. The number of ether oxygens (including phenoxy) is 2. The zero-order valence-electron chi connectivity index (χ0n) is 14.7. The van der Waals surface area contributed by atoms with E-state index in [1.165, 1.54) is 0 Å². The van der Waals surface area contributed by atoms with Crippen molar-refractivity contribution in [3.8, 4) is 11.5 Å². The molecule has 2 N–H and O–H groups in total. The minimum Gasteiger partial charge on any atom is -1.00 e. The minimum absolute atomic E-state index is 0. The van der Waals surface area contributed by atoms with Gasteiger partial charge in [-0.2, -0.15) is 0 Å². The number of aliphatic hydroxyl groups is 1. The van der Waals surface area contributed by atoms with Crippen LogP contribution in [0.4, 0.5) is 0 Å². The largest absolute Gasteiger partial charge is 1.00 e. The molecule has 4 nitrogen and oxygen atoms in total. The van der Waals surface area contributed by atoms with Crippen molar-refractivity contribution in [2.75, 3.05) is 19.7 Å². The van der Waals surface area contributed by atoms with Crippen molar-refractivity contribution in [2.24, 2.45) is 0 Å². The maximum atomic E-state index is 9.13. The number of hydrogen-bond acceptors (Lipinski definition) is 4. The summed E-state index contributed by atoms with van der Waals surface area (Å²) >= 11 is 0. The van der Waals surface area contributed by atoms with Gasteiger partial charge in [-0.25, -0.2) is 0 Å². The van der Waals surface area contributed by atoms with Crippen LogP contribution < -0.4 is 27.2 Å². The molecule has 0 bridgehead atoms. The molecule has 138 valence electrons. The smallest absolute Gasteiger partial charge is 0.120 e. The SMILES string of the molecule is CC(O)CNCCCCOc1ccc(OCc2ccccc2)cc1.[Cl-]. The molecule has 0 saturated carbocycles. The Kier molecular flexibility index (Phi) is 10.7. The third-order valence-corrected chi connectivity index (χ3v) is 3.53. The molecule has 2 rings (SSSR count). The third-order valence-electron chi connectivity index (χ3n) is 3.53. The summed E-state index contributed by atoms with van der Waals surface area (Å²) in [5.41, 5.74) is 1.15. The molecular weight excluding hydrogens is 338 g/mol. The van der Waals surface area contributed by atoms with E-state index in [9.17, 15) is 0 Å². The molecule has 2 aromatic carbocycles. The van der Waals surface area contributed by atoms with Crippen LogP contribution in [0.15, 0.2) is 54.6 Å². The van der Waals surface area contributed by atoms with Gasteiger partial charge in [-0.3, -0.25) is 0 Å². The normalized spacial score (nSPS) is 11.4. The molecule has 0 aliphatic rings. The van der Waals surface area contributed by atoms with Gasteiger partial charge in [0.1, 0.15) is 18.1 Å². The van der Waals surface area contributed by atoms with Gasteiger partial charge in [-0.1, -0.05) is 30.3 Å². The van der Waals surface area contributed by atoms with E-state index < -0.39 is 0 Å². The van der Waals surface area contributed by atoms with E-state index in [0.717, 1.165) is 36.4 Å². The summed E-state index contributed by atoms with van der Waals surface area (Å²) < 4.78 is 11.5. The lowest BCUT2D eigenvalue weighted by molar-refractivity contribution is -0.00000796. The highest BCUT2D eigenvalue weighted by molar-refractivity contribution is 5.31. The molecule has 2 aromatic rings. The van der Waals surface area contributed by atoms with Crippen LogP contribution in [-0.4, -0.2) is 30.9 Å². The zero-order valence-corrected chi connectivity index (χ0v) is 15.4. The lowest BCUT2D eigenvalue weighted by Gasteiger charge is -2.09. The van der Waals surface area contributed by atoms with Crippen molar-refractivity contribution < 1.29 is 27.0 Å². The van der Waals surface area contributed by atoms with E-state index in [0.29, 0.717) is 19.8 Å². The van der Waals surface area contributed by atoms with Crippen LogP contribution in [0.1, 0.15) is 25.3 Å². The quantitative estimate of drug-likeness (QED) is 0.567. The van der Waals surface area contributed by atoms with E-state index in [1.807, 2.05) is 54.6 Å². The van der Waals surface area contributed by atoms with Crippen LogP contribution in [0.5, 0.6) is 11.5 Å². The number of halogens is 1. The molecule has 1 unspecified atom stereocenters. The van der Waals surface area contributed by atoms with Crippen LogP contribution in [0, 0.1) is 0 Å². The van der Waals surface area contributed by atoms with Gasteiger partial charge in [0.15, 0.2) is 0 Å². The van der Waals surface area contributed by atoms with Crippen molar-refractivity contribution in [2.45, 2.75) is 32.5 Å². The Balaban J connectivity index is 0.00000312. The third kappa shape index (κ3) is 9.34. The van der Waals surface area contributed by atoms with Gasteiger partial charge in [0.2, 0.25) is 0 Å². The Bertz CT molecular complexity index is 561. The molecule has 0 radical (unpaired) electrons. The fourth-order valence-electron chi connectivity index (χ4n) is 2.23. The average Bonchev–Trinajstić information content (AvgIpc) is 2.61. The van der Waals surface area contributed by atoms with Gasteiger partial charge in [0.05, 0.1) is 12.7 Å². The number of hydrogen-bond donors (Lipinski definition) is 2. The maximum absolute atomic E-state index is 9.13. The fourth-order valence-corrected chi connectivity index (χ4v) is 2.23. The van der Waals surface area contributed by atoms with E-state index in [1.54, 1.807) is 6.92 Å². The first-order valence-electron chi connectivity index (χ1n) is 8.52. The molecule has 0 aliphatic carbocycles. The molecule has 25 heavy (non-hydrogen) atoms. The van der Waals surface area contributed by atoms with Crippen molar-refractivity contribution in [1.29, 1.82) is 0 Å². The lowest BCUT2D eigenvalue weighted by atomic mass is 10.2. The standard InChI is InChI=1S/C20H27NO3.ClH/c1-17(22)15-21-13-5-6-14-23-19-9-11-20(12-10-19)24-16-18-7-3-2-4-8-18;/h2-4,7-12,17,21-22H,5-6,13-16H2,1H3;1H/p-1. The molecule has 0 fully saturated rings. The summed E-state index contributed by atoms with van der Waals surface area (Å²) in [5, 5.41) is 12.3. The summed E-state index contributed by atoms with van der Waals surface area (Å²) in [6, 6.07) is 17.9. The second kappa shape index (κ2) is 12.6. The molecule has 0 spiro atoms. The highest BCUT2D eigenvalue weighted by Crippen LogP contribution is 2.18. The molecular formula is C20H27ClNO3-. The van der Waals surface area contributed by atoms with Gasteiger partial charge in [-0.15, -0.1) is 0 Å². The predicted octanol–water partition coefficient (Wildman–Crippen LogP) is 0.399. The molecule has 0 aromatic heterocycles. The number of unbranched alkanes of at least 4 members (excludes halogenated alkanes) is 1. The van der Waals surface area contributed by atoms with Crippen molar-refractivity contribution in [1.82, 2.24) is 5.32 Å². The first-order valence-corrected chi connectivity index (χ1v) is 8.52. The maximum Gasteiger partial charge on any atom is 0.120 e. The van der Waals surface area contributed by atoms with Gasteiger partial charge >= 0.3 is 0 Å². The fraction of sp³-hybridized carbons (Fsp3) is 0.400. The lowest BCUT2D eigenvalue weighted by Crippen LogP contribution is -3.00. The van der Waals surface area contributed by atoms with Crippen LogP contribution >= 0.6 is 0 Å². The molecule has 0 saturated heterocycles. The number of benzene rings is 2. The van der Waals surface area contributed by atoms with Gasteiger partial charge in [0.25, 0.3) is 0 Å². The summed E-state index contributed by atoms with van der Waals surface area (Å²) in [6.07, 6.45) is 1.73. The molecule has 0 heterocycles. The van der Waals surface area contributed by atoms with E-state index >= 15 is 0 Å². The van der Waals surface area contributed by atoms with Crippen LogP contribution in [0.25, 0.3) is 0 Å². The monoisotopic (exact) mass is 364 g/mol. The van der Waals surface area contributed by atoms with Gasteiger partial charge in [-0.05, 0) is 56.1 Å². The first-order chi connectivity index (χ1) is 11.7. The minimum atomic E-state index is -0.288. The van der Waals surface area contributed by atoms with Crippen molar-refractivity contribution in [3.05, 3.63) is 60.2 Å². The van der Waals surface area contributed by atoms with Crippen molar-refractivity contribution >= 4 is 0 Å². The average molecular weight is 365 g/mol. The number of aliphatic hydroxyl groups excluding tert-OH is 1. The summed E-state index contributed by atoms with van der Waals surface area (Å²) in [4.78, 5) is 0. The Morgan fingerprint density at radius 2 is 1.56 bits per heavy atom. The van der Waals surface area contributed by atoms with E-state index in [2.05, 4.69) is 5.32 Å². The Morgan fingerprint density at radius 3 is 2.20 bits per heavy atom. The molecule has 0 amide bonds. The second-order valence-corrected chi connectivity index (χ2v) is 5.85. The molecule has 1 atom stereocenters. The van der Waals surface area contributed by atoms with E-state index in [4.69, 9.17) is 14.6 Å². The van der Waals surface area contributed by atoms with Gasteiger partial charge in [0, 0.05) is 6.54 Å². The summed E-state index contributed by atoms with van der Waals surface area (Å²) in [6.45, 7) is 4.59. The number of rotatable bonds is 11. The van der Waals surface area contributed by atoms with Gasteiger partial charge < -0.3 is 32.3 Å².